The van der Waals surface area contributed by atoms with Crippen LogP contribution in [0.4, 0.5) is 4.39 Å². The fourth-order valence-electron chi connectivity index (χ4n) is 2.31. The van der Waals surface area contributed by atoms with Gasteiger partial charge in [-0.15, -0.1) is 0 Å². The zero-order valence-electron chi connectivity index (χ0n) is 14.1. The van der Waals surface area contributed by atoms with Crippen molar-refractivity contribution in [2.45, 2.75) is 66.2 Å². The number of halogens is 1. The average Bonchev–Trinajstić information content (AvgIpc) is 2.42. The van der Waals surface area contributed by atoms with Gasteiger partial charge in [-0.25, -0.2) is 4.39 Å². The first-order chi connectivity index (χ1) is 9.99. The molecule has 1 aromatic rings. The lowest BCUT2D eigenvalue weighted by molar-refractivity contribution is 0.259. The van der Waals surface area contributed by atoms with E-state index >= 15 is 0 Å². The molecule has 0 heterocycles. The fraction of sp³-hybridized carbons (Fsp3) is 0.684. The quantitative estimate of drug-likeness (QED) is 0.480. The lowest BCUT2D eigenvalue weighted by atomic mass is 10.0. The Bertz CT molecular complexity index is 399. The van der Waals surface area contributed by atoms with Crippen LogP contribution < -0.4 is 4.74 Å². The Morgan fingerprint density at radius 2 is 1.67 bits per heavy atom. The second kappa shape index (κ2) is 9.81. The number of ether oxygens (including phenoxy) is 1. The average molecular weight is 294 g/mol. The third kappa shape index (κ3) is 8.08. The second-order valence-electron chi connectivity index (χ2n) is 6.82. The van der Waals surface area contributed by atoms with Crippen molar-refractivity contribution in [3.63, 3.8) is 0 Å². The van der Waals surface area contributed by atoms with Gasteiger partial charge in [0.25, 0.3) is 0 Å². The number of rotatable bonds is 10. The van der Waals surface area contributed by atoms with Crippen molar-refractivity contribution >= 4 is 0 Å². The molecule has 0 saturated heterocycles. The Kier molecular flexibility index (Phi) is 8.41. The van der Waals surface area contributed by atoms with Crippen LogP contribution in [0.15, 0.2) is 18.2 Å². The molecule has 0 aliphatic rings. The van der Waals surface area contributed by atoms with Crippen LogP contribution in [0, 0.1) is 17.7 Å². The molecule has 0 spiro atoms. The summed E-state index contributed by atoms with van der Waals surface area (Å²) < 4.78 is 19.2. The van der Waals surface area contributed by atoms with Gasteiger partial charge in [-0.05, 0) is 42.4 Å². The van der Waals surface area contributed by atoms with Gasteiger partial charge >= 0.3 is 0 Å². The summed E-state index contributed by atoms with van der Waals surface area (Å²) in [5.41, 5.74) is 1.18. The highest BCUT2D eigenvalue weighted by atomic mass is 19.1. The zero-order chi connectivity index (χ0) is 15.7. The minimum absolute atomic E-state index is 0.253. The normalized spacial score (nSPS) is 11.4. The number of hydrogen-bond acceptors (Lipinski definition) is 1. The van der Waals surface area contributed by atoms with Gasteiger partial charge in [-0.3, -0.25) is 0 Å². The summed E-state index contributed by atoms with van der Waals surface area (Å²) in [6.07, 6.45) is 7.39. The van der Waals surface area contributed by atoms with Gasteiger partial charge < -0.3 is 4.74 Å². The molecule has 120 valence electrons. The van der Waals surface area contributed by atoms with Crippen LogP contribution in [0.2, 0.25) is 0 Å². The summed E-state index contributed by atoms with van der Waals surface area (Å²) in [5.74, 6) is 1.37. The van der Waals surface area contributed by atoms with E-state index in [0.717, 1.165) is 12.3 Å². The Hall–Kier alpha value is -1.05. The van der Waals surface area contributed by atoms with E-state index in [4.69, 9.17) is 4.74 Å². The van der Waals surface area contributed by atoms with Crippen LogP contribution in [0.5, 0.6) is 5.75 Å². The maximum Gasteiger partial charge on any atom is 0.165 e. The summed E-state index contributed by atoms with van der Waals surface area (Å²) in [7, 11) is 0. The molecule has 0 N–H and O–H groups in total. The van der Waals surface area contributed by atoms with E-state index in [-0.39, 0.29) is 5.82 Å². The number of unbranched alkanes of at least 4 members (excludes halogenated alkanes) is 3. The third-order valence-electron chi connectivity index (χ3n) is 3.56. The van der Waals surface area contributed by atoms with Crippen LogP contribution >= 0.6 is 0 Å². The molecular formula is C19H31FO. The van der Waals surface area contributed by atoms with Gasteiger partial charge in [-0.2, -0.15) is 0 Å². The molecule has 1 nitrogen and oxygen atoms in total. The molecule has 2 heteroatoms. The van der Waals surface area contributed by atoms with E-state index in [1.54, 1.807) is 0 Å². The van der Waals surface area contributed by atoms with Crippen molar-refractivity contribution in [2.24, 2.45) is 11.8 Å². The maximum atomic E-state index is 13.7. The van der Waals surface area contributed by atoms with E-state index in [9.17, 15) is 4.39 Å². The molecule has 0 fully saturated rings. The van der Waals surface area contributed by atoms with E-state index in [0.29, 0.717) is 18.3 Å². The standard InChI is InChI=1S/C19H31FO/c1-15(2)9-7-5-6-8-10-17-11-12-18(20)19(13-17)21-14-16(3)4/h11-13,15-16H,5-10,14H2,1-4H3. The lowest BCUT2D eigenvalue weighted by Crippen LogP contribution is -2.06. The molecule has 0 aliphatic heterocycles. The molecule has 0 saturated carbocycles. The molecule has 1 rings (SSSR count). The van der Waals surface area contributed by atoms with Gasteiger partial charge in [0.05, 0.1) is 6.61 Å². The molecule has 1 aromatic carbocycles. The van der Waals surface area contributed by atoms with Gasteiger partial charge in [0.1, 0.15) is 0 Å². The van der Waals surface area contributed by atoms with E-state index < -0.39 is 0 Å². The molecule has 0 aromatic heterocycles. The SMILES string of the molecule is CC(C)CCCCCCc1ccc(F)c(OCC(C)C)c1. The van der Waals surface area contributed by atoms with Crippen LogP contribution in [-0.4, -0.2) is 6.61 Å². The Morgan fingerprint density at radius 3 is 2.33 bits per heavy atom. The van der Waals surface area contributed by atoms with Crippen LogP contribution in [0.3, 0.4) is 0 Å². The summed E-state index contributed by atoms with van der Waals surface area (Å²) in [6, 6.07) is 5.28. The van der Waals surface area contributed by atoms with Crippen molar-refractivity contribution in [2.75, 3.05) is 6.61 Å². The van der Waals surface area contributed by atoms with E-state index in [2.05, 4.69) is 27.7 Å². The Balaban J connectivity index is 2.33. The van der Waals surface area contributed by atoms with Crippen molar-refractivity contribution in [3.05, 3.63) is 29.6 Å². The Labute approximate surface area is 129 Å². The largest absolute Gasteiger partial charge is 0.490 e. The first-order valence-corrected chi connectivity index (χ1v) is 8.40. The lowest BCUT2D eigenvalue weighted by Gasteiger charge is -2.11. The summed E-state index contributed by atoms with van der Waals surface area (Å²) in [6.45, 7) is 9.25. The highest BCUT2D eigenvalue weighted by molar-refractivity contribution is 5.30. The van der Waals surface area contributed by atoms with Gasteiger partial charge in [0.15, 0.2) is 11.6 Å². The molecule has 0 atom stereocenters. The maximum absolute atomic E-state index is 13.7. The predicted octanol–water partition coefficient (Wildman–Crippen LogP) is 6.01. The molecule has 0 unspecified atom stereocenters. The van der Waals surface area contributed by atoms with Gasteiger partial charge in [-0.1, -0.05) is 59.4 Å². The van der Waals surface area contributed by atoms with Crippen LogP contribution in [-0.2, 0) is 6.42 Å². The van der Waals surface area contributed by atoms with Crippen molar-refractivity contribution in [3.8, 4) is 5.75 Å². The minimum atomic E-state index is -0.253. The Morgan fingerprint density at radius 1 is 0.952 bits per heavy atom. The first kappa shape index (κ1) is 18.0. The van der Waals surface area contributed by atoms with E-state index in [1.807, 2.05) is 12.1 Å². The van der Waals surface area contributed by atoms with Crippen LogP contribution in [0.25, 0.3) is 0 Å². The molecule has 0 amide bonds. The first-order valence-electron chi connectivity index (χ1n) is 8.40. The summed E-state index contributed by atoms with van der Waals surface area (Å²) in [4.78, 5) is 0. The van der Waals surface area contributed by atoms with Crippen LogP contribution in [0.1, 0.15) is 65.4 Å². The van der Waals surface area contributed by atoms with Gasteiger partial charge in [0, 0.05) is 0 Å². The summed E-state index contributed by atoms with van der Waals surface area (Å²) in [5, 5.41) is 0. The molecular weight excluding hydrogens is 263 g/mol. The zero-order valence-corrected chi connectivity index (χ0v) is 14.1. The molecule has 0 aliphatic carbocycles. The van der Waals surface area contributed by atoms with Crippen molar-refractivity contribution < 1.29 is 9.13 Å². The number of hydrogen-bond donors (Lipinski definition) is 0. The van der Waals surface area contributed by atoms with Gasteiger partial charge in [0.2, 0.25) is 0 Å². The molecule has 21 heavy (non-hydrogen) atoms. The number of aryl methyl sites for hydroxylation is 1. The number of benzene rings is 1. The second-order valence-corrected chi connectivity index (χ2v) is 6.82. The fourth-order valence-corrected chi connectivity index (χ4v) is 2.31. The van der Waals surface area contributed by atoms with Crippen molar-refractivity contribution in [1.29, 1.82) is 0 Å². The monoisotopic (exact) mass is 294 g/mol. The summed E-state index contributed by atoms with van der Waals surface area (Å²) >= 11 is 0. The predicted molar refractivity (Wildman–Crippen MR) is 88.4 cm³/mol. The third-order valence-corrected chi connectivity index (χ3v) is 3.56. The highest BCUT2D eigenvalue weighted by Gasteiger charge is 2.06. The highest BCUT2D eigenvalue weighted by Crippen LogP contribution is 2.21. The minimum Gasteiger partial charge on any atom is -0.490 e. The van der Waals surface area contributed by atoms with Crippen molar-refractivity contribution in [1.82, 2.24) is 0 Å². The topological polar surface area (TPSA) is 9.23 Å². The molecule has 0 radical (unpaired) electrons. The smallest absolute Gasteiger partial charge is 0.165 e. The molecule has 0 bridgehead atoms. The van der Waals surface area contributed by atoms with E-state index in [1.165, 1.54) is 43.7 Å².